The molecule has 2 rings (SSSR count). The van der Waals surface area contributed by atoms with Crippen LogP contribution in [0.2, 0.25) is 0 Å². The molecule has 0 aliphatic carbocycles. The van der Waals surface area contributed by atoms with E-state index in [2.05, 4.69) is 4.98 Å². The number of thiazole rings is 1. The second-order valence-corrected chi connectivity index (χ2v) is 4.69. The van der Waals surface area contributed by atoms with Gasteiger partial charge in [-0.3, -0.25) is 0 Å². The molecule has 2 aromatic rings. The number of nitrogens with two attached hydrogens (primary N) is 1. The highest BCUT2D eigenvalue weighted by molar-refractivity contribution is 7.98. The van der Waals surface area contributed by atoms with E-state index in [0.717, 1.165) is 16.3 Å². The molecule has 0 saturated carbocycles. The Balaban J connectivity index is 2.07. The van der Waals surface area contributed by atoms with E-state index in [-0.39, 0.29) is 5.82 Å². The fourth-order valence-electron chi connectivity index (χ4n) is 1.09. The van der Waals surface area contributed by atoms with Gasteiger partial charge < -0.3 is 5.73 Å². The zero-order chi connectivity index (χ0) is 10.7. The minimum absolute atomic E-state index is 0.259. The van der Waals surface area contributed by atoms with E-state index < -0.39 is 0 Å². The molecule has 0 bridgehead atoms. The SMILES string of the molecule is Nc1ccc(F)cc1SCc1cscn1. The number of rotatable bonds is 3. The number of hydrogen-bond donors (Lipinski definition) is 1. The van der Waals surface area contributed by atoms with Gasteiger partial charge in [0.25, 0.3) is 0 Å². The smallest absolute Gasteiger partial charge is 0.124 e. The summed E-state index contributed by atoms with van der Waals surface area (Å²) in [5.74, 6) is 0.460. The summed E-state index contributed by atoms with van der Waals surface area (Å²) in [5, 5.41) is 1.97. The van der Waals surface area contributed by atoms with Crippen LogP contribution in [0.25, 0.3) is 0 Å². The molecule has 0 aliphatic heterocycles. The first-order valence-electron chi connectivity index (χ1n) is 4.30. The third kappa shape index (κ3) is 2.70. The van der Waals surface area contributed by atoms with Gasteiger partial charge in [0.05, 0.1) is 11.2 Å². The Hall–Kier alpha value is -1.07. The van der Waals surface area contributed by atoms with Crippen LogP contribution in [0.15, 0.2) is 34.0 Å². The summed E-state index contributed by atoms with van der Waals surface area (Å²) in [6.45, 7) is 0. The minimum atomic E-state index is -0.259. The molecular weight excluding hydrogens is 231 g/mol. The maximum Gasteiger partial charge on any atom is 0.124 e. The summed E-state index contributed by atoms with van der Waals surface area (Å²) in [7, 11) is 0. The summed E-state index contributed by atoms with van der Waals surface area (Å²) in [6, 6.07) is 4.40. The monoisotopic (exact) mass is 240 g/mol. The molecule has 0 fully saturated rings. The molecule has 0 spiro atoms. The van der Waals surface area contributed by atoms with Crippen molar-refractivity contribution >= 4 is 28.8 Å². The van der Waals surface area contributed by atoms with Crippen LogP contribution in [-0.2, 0) is 5.75 Å². The molecule has 5 heteroatoms. The van der Waals surface area contributed by atoms with Crippen LogP contribution < -0.4 is 5.73 Å². The van der Waals surface area contributed by atoms with Crippen molar-refractivity contribution in [2.24, 2.45) is 0 Å². The van der Waals surface area contributed by atoms with Crippen molar-refractivity contribution in [3.05, 3.63) is 40.6 Å². The number of aromatic nitrogens is 1. The van der Waals surface area contributed by atoms with Gasteiger partial charge in [-0.15, -0.1) is 23.1 Å². The van der Waals surface area contributed by atoms with Gasteiger partial charge in [0.1, 0.15) is 5.82 Å². The fraction of sp³-hybridized carbons (Fsp3) is 0.100. The first-order valence-corrected chi connectivity index (χ1v) is 6.23. The highest BCUT2D eigenvalue weighted by atomic mass is 32.2. The van der Waals surface area contributed by atoms with Crippen molar-refractivity contribution in [2.45, 2.75) is 10.6 Å². The second-order valence-electron chi connectivity index (χ2n) is 2.95. The van der Waals surface area contributed by atoms with E-state index in [1.807, 2.05) is 5.38 Å². The molecule has 2 nitrogen and oxygen atoms in total. The van der Waals surface area contributed by atoms with Gasteiger partial charge in [-0.2, -0.15) is 0 Å². The largest absolute Gasteiger partial charge is 0.398 e. The van der Waals surface area contributed by atoms with E-state index in [4.69, 9.17) is 5.73 Å². The van der Waals surface area contributed by atoms with E-state index in [1.165, 1.54) is 23.9 Å². The van der Waals surface area contributed by atoms with E-state index in [1.54, 1.807) is 22.9 Å². The van der Waals surface area contributed by atoms with Crippen LogP contribution in [0.4, 0.5) is 10.1 Å². The first-order chi connectivity index (χ1) is 7.25. The third-order valence-electron chi connectivity index (χ3n) is 1.83. The fourth-order valence-corrected chi connectivity index (χ4v) is 2.65. The Morgan fingerprint density at radius 2 is 2.33 bits per heavy atom. The Labute approximate surface area is 95.3 Å². The normalized spacial score (nSPS) is 10.5. The van der Waals surface area contributed by atoms with E-state index >= 15 is 0 Å². The molecule has 78 valence electrons. The van der Waals surface area contributed by atoms with Gasteiger partial charge in [0.2, 0.25) is 0 Å². The van der Waals surface area contributed by atoms with Gasteiger partial charge in [0, 0.05) is 21.7 Å². The summed E-state index contributed by atoms with van der Waals surface area (Å²) < 4.78 is 12.9. The Bertz CT molecular complexity index is 443. The molecule has 0 radical (unpaired) electrons. The lowest BCUT2D eigenvalue weighted by molar-refractivity contribution is 0.624. The highest BCUT2D eigenvalue weighted by Gasteiger charge is 2.03. The van der Waals surface area contributed by atoms with Crippen LogP contribution >= 0.6 is 23.1 Å². The summed E-state index contributed by atoms with van der Waals surface area (Å²) in [6.07, 6.45) is 0. The molecule has 1 aromatic carbocycles. The lowest BCUT2D eigenvalue weighted by Gasteiger charge is -2.03. The molecule has 1 aromatic heterocycles. The van der Waals surface area contributed by atoms with Crippen LogP contribution in [0.1, 0.15) is 5.69 Å². The van der Waals surface area contributed by atoms with Crippen molar-refractivity contribution < 1.29 is 4.39 Å². The van der Waals surface area contributed by atoms with Crippen molar-refractivity contribution in [3.8, 4) is 0 Å². The molecule has 1 heterocycles. The van der Waals surface area contributed by atoms with Crippen molar-refractivity contribution in [2.75, 3.05) is 5.73 Å². The quantitative estimate of drug-likeness (QED) is 0.661. The Kier molecular flexibility index (Phi) is 3.23. The lowest BCUT2D eigenvalue weighted by Crippen LogP contribution is -1.90. The van der Waals surface area contributed by atoms with Crippen molar-refractivity contribution in [1.29, 1.82) is 0 Å². The molecule has 0 saturated heterocycles. The molecule has 15 heavy (non-hydrogen) atoms. The first kappa shape index (κ1) is 10.4. The Morgan fingerprint density at radius 3 is 3.07 bits per heavy atom. The van der Waals surface area contributed by atoms with Crippen molar-refractivity contribution in [3.63, 3.8) is 0 Å². The van der Waals surface area contributed by atoms with Gasteiger partial charge in [-0.1, -0.05) is 0 Å². The summed E-state index contributed by atoms with van der Waals surface area (Å²) in [5.41, 5.74) is 9.11. The predicted octanol–water partition coefficient (Wildman–Crippen LogP) is 3.16. The average molecular weight is 240 g/mol. The number of halogens is 1. The predicted molar refractivity (Wildman–Crippen MR) is 62.5 cm³/mol. The molecule has 0 aliphatic rings. The number of thioether (sulfide) groups is 1. The molecule has 0 atom stereocenters. The molecule has 2 N–H and O–H groups in total. The lowest BCUT2D eigenvalue weighted by atomic mass is 10.3. The topological polar surface area (TPSA) is 38.9 Å². The van der Waals surface area contributed by atoms with Crippen LogP contribution in [-0.4, -0.2) is 4.98 Å². The van der Waals surface area contributed by atoms with Gasteiger partial charge >= 0.3 is 0 Å². The Morgan fingerprint density at radius 1 is 1.47 bits per heavy atom. The molecule has 0 unspecified atom stereocenters. The second kappa shape index (κ2) is 4.63. The van der Waals surface area contributed by atoms with Crippen LogP contribution in [0, 0.1) is 5.82 Å². The number of nitrogens with zero attached hydrogens (tertiary/aromatic N) is 1. The zero-order valence-corrected chi connectivity index (χ0v) is 9.45. The number of benzene rings is 1. The van der Waals surface area contributed by atoms with E-state index in [0.29, 0.717) is 5.69 Å². The third-order valence-corrected chi connectivity index (χ3v) is 3.57. The van der Waals surface area contributed by atoms with Crippen LogP contribution in [0.5, 0.6) is 0 Å². The average Bonchev–Trinajstić information content (AvgIpc) is 2.72. The molecular formula is C10H9FN2S2. The van der Waals surface area contributed by atoms with Gasteiger partial charge in [-0.05, 0) is 18.2 Å². The number of anilines is 1. The maximum atomic E-state index is 12.9. The van der Waals surface area contributed by atoms with Crippen LogP contribution in [0.3, 0.4) is 0 Å². The van der Waals surface area contributed by atoms with Gasteiger partial charge in [-0.25, -0.2) is 9.37 Å². The number of hydrogen-bond acceptors (Lipinski definition) is 4. The number of nitrogen functional groups attached to an aromatic ring is 1. The highest BCUT2D eigenvalue weighted by Crippen LogP contribution is 2.28. The summed E-state index contributed by atoms with van der Waals surface area (Å²) in [4.78, 5) is 4.91. The maximum absolute atomic E-state index is 12.9. The van der Waals surface area contributed by atoms with Gasteiger partial charge in [0.15, 0.2) is 0 Å². The summed E-state index contributed by atoms with van der Waals surface area (Å²) >= 11 is 3.05. The zero-order valence-electron chi connectivity index (χ0n) is 7.81. The van der Waals surface area contributed by atoms with Crippen molar-refractivity contribution in [1.82, 2.24) is 4.98 Å². The van der Waals surface area contributed by atoms with E-state index in [9.17, 15) is 4.39 Å². The molecule has 0 amide bonds. The standard InChI is InChI=1S/C10H9FN2S2/c11-7-1-2-9(12)10(3-7)15-5-8-4-14-6-13-8/h1-4,6H,5,12H2. The minimum Gasteiger partial charge on any atom is -0.398 e.